The normalized spacial score (nSPS) is 10.3. The van der Waals surface area contributed by atoms with Gasteiger partial charge in [-0.1, -0.05) is 43.7 Å². The average Bonchev–Trinajstić information content (AvgIpc) is 2.40. The standard InChI is InChI=1S/C16H19NO/c1-2-3-11-17-14-9-10-15(16(18)12-14)13-7-5-4-6-8-13/h4-10,12,17-18H,2-3,11H2,1H3. The number of benzene rings is 2. The Morgan fingerprint density at radius 1 is 1.06 bits per heavy atom. The first-order valence-electron chi connectivity index (χ1n) is 6.43. The Bertz CT molecular complexity index is 494. The van der Waals surface area contributed by atoms with Gasteiger partial charge in [0, 0.05) is 23.9 Å². The lowest BCUT2D eigenvalue weighted by molar-refractivity contribution is 0.477. The molecule has 2 aromatic rings. The highest BCUT2D eigenvalue weighted by Gasteiger charge is 2.04. The number of phenolic OH excluding ortho intramolecular Hbond substituents is 1. The van der Waals surface area contributed by atoms with E-state index in [2.05, 4.69) is 12.2 Å². The molecule has 0 saturated carbocycles. The van der Waals surface area contributed by atoms with Gasteiger partial charge in [-0.3, -0.25) is 0 Å². The highest BCUT2D eigenvalue weighted by atomic mass is 16.3. The summed E-state index contributed by atoms with van der Waals surface area (Å²) in [6.45, 7) is 3.11. The Hall–Kier alpha value is -1.96. The number of hydrogen-bond donors (Lipinski definition) is 2. The second-order valence-electron chi connectivity index (χ2n) is 4.38. The molecule has 2 nitrogen and oxygen atoms in total. The minimum absolute atomic E-state index is 0.322. The maximum absolute atomic E-state index is 10.1. The van der Waals surface area contributed by atoms with Gasteiger partial charge in [-0.2, -0.15) is 0 Å². The van der Waals surface area contributed by atoms with Crippen LogP contribution in [-0.2, 0) is 0 Å². The largest absolute Gasteiger partial charge is 0.507 e. The molecule has 0 unspecified atom stereocenters. The highest BCUT2D eigenvalue weighted by Crippen LogP contribution is 2.31. The summed E-state index contributed by atoms with van der Waals surface area (Å²) in [6.07, 6.45) is 2.31. The van der Waals surface area contributed by atoms with Crippen molar-refractivity contribution in [2.75, 3.05) is 11.9 Å². The maximum Gasteiger partial charge on any atom is 0.125 e. The summed E-state index contributed by atoms with van der Waals surface area (Å²) in [5.41, 5.74) is 2.88. The van der Waals surface area contributed by atoms with Crippen molar-refractivity contribution in [3.63, 3.8) is 0 Å². The van der Waals surface area contributed by atoms with Crippen LogP contribution >= 0.6 is 0 Å². The lowest BCUT2D eigenvalue weighted by Gasteiger charge is -2.09. The third-order valence-corrected chi connectivity index (χ3v) is 2.94. The van der Waals surface area contributed by atoms with Gasteiger partial charge in [0.1, 0.15) is 5.75 Å². The van der Waals surface area contributed by atoms with Crippen molar-refractivity contribution in [3.8, 4) is 16.9 Å². The van der Waals surface area contributed by atoms with Gasteiger partial charge < -0.3 is 10.4 Å². The molecule has 0 saturated heterocycles. The molecule has 0 aliphatic heterocycles. The topological polar surface area (TPSA) is 32.3 Å². The maximum atomic E-state index is 10.1. The first kappa shape index (κ1) is 12.5. The molecule has 2 heteroatoms. The van der Waals surface area contributed by atoms with Crippen molar-refractivity contribution in [1.82, 2.24) is 0 Å². The van der Waals surface area contributed by atoms with E-state index >= 15 is 0 Å². The van der Waals surface area contributed by atoms with Crippen LogP contribution in [0.25, 0.3) is 11.1 Å². The Morgan fingerprint density at radius 2 is 1.83 bits per heavy atom. The van der Waals surface area contributed by atoms with Crippen molar-refractivity contribution in [2.45, 2.75) is 19.8 Å². The lowest BCUT2D eigenvalue weighted by atomic mass is 10.0. The number of aromatic hydroxyl groups is 1. The zero-order valence-corrected chi connectivity index (χ0v) is 10.7. The molecule has 0 atom stereocenters. The molecule has 0 spiro atoms. The number of rotatable bonds is 5. The molecule has 0 amide bonds. The molecule has 2 N–H and O–H groups in total. The summed E-state index contributed by atoms with van der Waals surface area (Å²) in [5.74, 6) is 0.322. The molecule has 0 radical (unpaired) electrons. The SMILES string of the molecule is CCCCNc1ccc(-c2ccccc2)c(O)c1. The third-order valence-electron chi connectivity index (χ3n) is 2.94. The van der Waals surface area contributed by atoms with Crippen LogP contribution < -0.4 is 5.32 Å². The van der Waals surface area contributed by atoms with Crippen molar-refractivity contribution in [3.05, 3.63) is 48.5 Å². The molecule has 94 valence electrons. The fourth-order valence-corrected chi connectivity index (χ4v) is 1.91. The third kappa shape index (κ3) is 3.04. The quantitative estimate of drug-likeness (QED) is 0.766. The van der Waals surface area contributed by atoms with Gasteiger partial charge in [0.05, 0.1) is 0 Å². The number of phenols is 1. The van der Waals surface area contributed by atoms with Gasteiger partial charge in [-0.05, 0) is 24.1 Å². The molecule has 0 aliphatic rings. The van der Waals surface area contributed by atoms with Crippen LogP contribution in [0.3, 0.4) is 0 Å². The van der Waals surface area contributed by atoms with E-state index in [0.717, 1.165) is 29.8 Å². The van der Waals surface area contributed by atoms with Crippen molar-refractivity contribution < 1.29 is 5.11 Å². The van der Waals surface area contributed by atoms with Crippen LogP contribution in [0.5, 0.6) is 5.75 Å². The van der Waals surface area contributed by atoms with Crippen molar-refractivity contribution in [1.29, 1.82) is 0 Å². The minimum atomic E-state index is 0.322. The molecule has 0 aliphatic carbocycles. The van der Waals surface area contributed by atoms with E-state index < -0.39 is 0 Å². The highest BCUT2D eigenvalue weighted by molar-refractivity contribution is 5.72. The van der Waals surface area contributed by atoms with Crippen LogP contribution in [0.4, 0.5) is 5.69 Å². The number of nitrogens with one attached hydrogen (secondary N) is 1. The van der Waals surface area contributed by atoms with E-state index in [4.69, 9.17) is 0 Å². The van der Waals surface area contributed by atoms with Gasteiger partial charge >= 0.3 is 0 Å². The predicted octanol–water partition coefficient (Wildman–Crippen LogP) is 4.27. The van der Waals surface area contributed by atoms with Gasteiger partial charge in [-0.25, -0.2) is 0 Å². The van der Waals surface area contributed by atoms with Crippen LogP contribution in [0.15, 0.2) is 48.5 Å². The summed E-state index contributed by atoms with van der Waals surface area (Å²) in [5, 5.41) is 13.4. The molecule has 2 aromatic carbocycles. The van der Waals surface area contributed by atoms with Crippen molar-refractivity contribution in [2.24, 2.45) is 0 Å². The fourth-order valence-electron chi connectivity index (χ4n) is 1.91. The molecule has 18 heavy (non-hydrogen) atoms. The van der Waals surface area contributed by atoms with Crippen LogP contribution in [0, 0.1) is 0 Å². The number of anilines is 1. The van der Waals surface area contributed by atoms with Gasteiger partial charge in [-0.15, -0.1) is 0 Å². The zero-order valence-electron chi connectivity index (χ0n) is 10.7. The van der Waals surface area contributed by atoms with Crippen molar-refractivity contribution >= 4 is 5.69 Å². The predicted molar refractivity (Wildman–Crippen MR) is 76.9 cm³/mol. The number of unbranched alkanes of at least 4 members (excludes halogenated alkanes) is 1. The second-order valence-corrected chi connectivity index (χ2v) is 4.38. The first-order chi connectivity index (χ1) is 8.81. The number of hydrogen-bond acceptors (Lipinski definition) is 2. The minimum Gasteiger partial charge on any atom is -0.507 e. The van der Waals surface area contributed by atoms with Gasteiger partial charge in [0.15, 0.2) is 0 Å². The average molecular weight is 241 g/mol. The fraction of sp³-hybridized carbons (Fsp3) is 0.250. The first-order valence-corrected chi connectivity index (χ1v) is 6.43. The molecular weight excluding hydrogens is 222 g/mol. The Morgan fingerprint density at radius 3 is 2.50 bits per heavy atom. The van der Waals surface area contributed by atoms with E-state index in [0.29, 0.717) is 5.75 Å². The monoisotopic (exact) mass is 241 g/mol. The Labute approximate surface area is 108 Å². The molecule has 0 heterocycles. The summed E-state index contributed by atoms with van der Waals surface area (Å²) in [4.78, 5) is 0. The van der Waals surface area contributed by atoms with Crippen LogP contribution in [0.2, 0.25) is 0 Å². The summed E-state index contributed by atoms with van der Waals surface area (Å²) < 4.78 is 0. The lowest BCUT2D eigenvalue weighted by Crippen LogP contribution is -2.00. The van der Waals surface area contributed by atoms with E-state index in [9.17, 15) is 5.11 Å². The summed E-state index contributed by atoms with van der Waals surface area (Å²) >= 11 is 0. The Balaban J connectivity index is 2.15. The smallest absolute Gasteiger partial charge is 0.125 e. The zero-order chi connectivity index (χ0) is 12.8. The molecule has 0 fully saturated rings. The second kappa shape index (κ2) is 6.10. The molecule has 0 aromatic heterocycles. The van der Waals surface area contributed by atoms with E-state index in [1.54, 1.807) is 6.07 Å². The van der Waals surface area contributed by atoms with Gasteiger partial charge in [0.2, 0.25) is 0 Å². The van der Waals surface area contributed by atoms with Gasteiger partial charge in [0.25, 0.3) is 0 Å². The van der Waals surface area contributed by atoms with E-state index in [-0.39, 0.29) is 0 Å². The molecule has 2 rings (SSSR count). The van der Waals surface area contributed by atoms with Crippen LogP contribution in [0.1, 0.15) is 19.8 Å². The van der Waals surface area contributed by atoms with Crippen LogP contribution in [-0.4, -0.2) is 11.7 Å². The Kier molecular flexibility index (Phi) is 4.24. The molecule has 0 bridgehead atoms. The van der Waals surface area contributed by atoms with E-state index in [1.165, 1.54) is 6.42 Å². The summed E-state index contributed by atoms with van der Waals surface area (Å²) in [6, 6.07) is 15.7. The molecular formula is C16H19NO. The van der Waals surface area contributed by atoms with E-state index in [1.807, 2.05) is 42.5 Å². The summed E-state index contributed by atoms with van der Waals surface area (Å²) in [7, 11) is 0.